The maximum atomic E-state index is 12.0. The van der Waals surface area contributed by atoms with Crippen LogP contribution in [0.1, 0.15) is 46.1 Å². The highest BCUT2D eigenvalue weighted by molar-refractivity contribution is 6.74. The first-order valence-corrected chi connectivity index (χ1v) is 16.2. The van der Waals surface area contributed by atoms with E-state index < -0.39 is 44.8 Å². The van der Waals surface area contributed by atoms with Gasteiger partial charge < -0.3 is 43.1 Å². The van der Waals surface area contributed by atoms with Crippen LogP contribution in [0.25, 0.3) is 0 Å². The molecule has 0 aliphatic rings. The molecule has 11 heteroatoms. The molecule has 1 aromatic rings. The van der Waals surface area contributed by atoms with E-state index in [-0.39, 0.29) is 31.5 Å². The molecule has 226 valence electrons. The molecule has 0 unspecified atom stereocenters. The van der Waals surface area contributed by atoms with Crippen LogP contribution in [0, 0.1) is 0 Å². The molecule has 0 amide bonds. The van der Waals surface area contributed by atoms with Crippen molar-refractivity contribution in [3.63, 3.8) is 0 Å². The Morgan fingerprint density at radius 3 is 2.15 bits per heavy atom. The summed E-state index contributed by atoms with van der Waals surface area (Å²) < 4.78 is 39.6. The lowest BCUT2D eigenvalue weighted by atomic mass is 9.99. The molecule has 0 radical (unpaired) electrons. The van der Waals surface area contributed by atoms with Crippen LogP contribution in [0.5, 0.6) is 5.75 Å². The molecule has 39 heavy (non-hydrogen) atoms. The van der Waals surface area contributed by atoms with Gasteiger partial charge >= 0.3 is 5.97 Å². The van der Waals surface area contributed by atoms with Gasteiger partial charge in [-0.15, -0.1) is 0 Å². The highest BCUT2D eigenvalue weighted by Gasteiger charge is 2.41. The van der Waals surface area contributed by atoms with E-state index in [0.717, 1.165) is 11.3 Å². The number of hydrogen-bond donors (Lipinski definition) is 2. The summed E-state index contributed by atoms with van der Waals surface area (Å²) >= 11 is 0. The number of aliphatic hydroxyl groups is 2. The van der Waals surface area contributed by atoms with Crippen molar-refractivity contribution in [2.45, 2.75) is 95.8 Å². The monoisotopic (exact) mass is 574 g/mol. The van der Waals surface area contributed by atoms with Crippen LogP contribution in [0.3, 0.4) is 0 Å². The van der Waals surface area contributed by atoms with Gasteiger partial charge in [0.2, 0.25) is 0 Å². The molecule has 5 atom stereocenters. The maximum Gasteiger partial charge on any atom is 0.337 e. The Morgan fingerprint density at radius 2 is 1.64 bits per heavy atom. The van der Waals surface area contributed by atoms with Crippen molar-refractivity contribution >= 4 is 14.3 Å². The van der Waals surface area contributed by atoms with E-state index in [9.17, 15) is 15.0 Å². The minimum Gasteiger partial charge on any atom is -0.497 e. The first-order chi connectivity index (χ1) is 18.3. The molecule has 0 spiro atoms. The minimum absolute atomic E-state index is 0.00997. The van der Waals surface area contributed by atoms with Gasteiger partial charge in [0.25, 0.3) is 0 Å². The van der Waals surface area contributed by atoms with Gasteiger partial charge in [0.15, 0.2) is 14.4 Å². The van der Waals surface area contributed by atoms with Crippen molar-refractivity contribution in [2.24, 2.45) is 0 Å². The summed E-state index contributed by atoms with van der Waals surface area (Å²) in [7, 11) is 2.43. The van der Waals surface area contributed by atoms with Crippen molar-refractivity contribution in [1.82, 2.24) is 0 Å². The second kappa shape index (κ2) is 17.3. The summed E-state index contributed by atoms with van der Waals surface area (Å²) in [6.45, 7) is 12.9. The molecule has 0 saturated heterocycles. The predicted octanol–water partition coefficient (Wildman–Crippen LogP) is 3.67. The predicted molar refractivity (Wildman–Crippen MR) is 150 cm³/mol. The average Bonchev–Trinajstić information content (AvgIpc) is 2.88. The Bertz CT molecular complexity index is 812. The van der Waals surface area contributed by atoms with Crippen LogP contribution >= 0.6 is 0 Å². The molecule has 0 aliphatic carbocycles. The average molecular weight is 575 g/mol. The number of carbonyl (C=O) groups excluding carboxylic acids is 1. The summed E-state index contributed by atoms with van der Waals surface area (Å²) in [5.74, 6) is -0.102. The van der Waals surface area contributed by atoms with Crippen molar-refractivity contribution in [2.75, 3.05) is 41.3 Å². The Kier molecular flexibility index (Phi) is 15.7. The lowest BCUT2D eigenvalue weighted by Crippen LogP contribution is -2.48. The van der Waals surface area contributed by atoms with Gasteiger partial charge in [0, 0.05) is 27.1 Å². The summed E-state index contributed by atoms with van der Waals surface area (Å²) in [6.07, 6.45) is -4.24. The molecule has 0 heterocycles. The van der Waals surface area contributed by atoms with Gasteiger partial charge in [-0.3, -0.25) is 0 Å². The Labute approximate surface area is 235 Å². The fourth-order valence-electron chi connectivity index (χ4n) is 3.66. The number of aliphatic hydroxyl groups excluding tert-OH is 2. The summed E-state index contributed by atoms with van der Waals surface area (Å²) in [5, 5.41) is 20.9. The maximum absolute atomic E-state index is 12.0. The minimum atomic E-state index is -2.30. The SMILES string of the molecule is CCOC(=O)[C@H](O)[C@H](O)C[C@H](C[C@@H](OC)[C@@H](COCc1ccc(OC)cc1)OCOC)O[Si](C)(C)C(C)(C)C. The van der Waals surface area contributed by atoms with Crippen LogP contribution in [-0.2, 0) is 39.5 Å². The number of methoxy groups -OCH3 is 3. The number of benzene rings is 1. The zero-order chi connectivity index (χ0) is 29.6. The molecule has 0 saturated carbocycles. The van der Waals surface area contributed by atoms with Crippen molar-refractivity contribution in [1.29, 1.82) is 0 Å². The molecule has 2 N–H and O–H groups in total. The number of esters is 1. The number of carbonyl (C=O) groups is 1. The largest absolute Gasteiger partial charge is 0.497 e. The summed E-state index contributed by atoms with van der Waals surface area (Å²) in [6, 6.07) is 7.59. The van der Waals surface area contributed by atoms with Gasteiger partial charge in [-0.2, -0.15) is 0 Å². The molecule has 10 nitrogen and oxygen atoms in total. The van der Waals surface area contributed by atoms with Crippen LogP contribution in [0.2, 0.25) is 18.1 Å². The van der Waals surface area contributed by atoms with E-state index in [2.05, 4.69) is 33.9 Å². The second-order valence-electron chi connectivity index (χ2n) is 11.0. The van der Waals surface area contributed by atoms with E-state index >= 15 is 0 Å². The van der Waals surface area contributed by atoms with Crippen LogP contribution in [-0.4, -0.2) is 96.4 Å². The third-order valence-corrected chi connectivity index (χ3v) is 11.5. The van der Waals surface area contributed by atoms with Gasteiger partial charge in [-0.1, -0.05) is 32.9 Å². The van der Waals surface area contributed by atoms with Gasteiger partial charge in [0.1, 0.15) is 18.6 Å². The highest BCUT2D eigenvalue weighted by Crippen LogP contribution is 2.38. The van der Waals surface area contributed by atoms with Gasteiger partial charge in [-0.05, 0) is 42.8 Å². The number of hydrogen-bond acceptors (Lipinski definition) is 10. The van der Waals surface area contributed by atoms with Gasteiger partial charge in [-0.25, -0.2) is 4.79 Å². The summed E-state index contributed by atoms with van der Waals surface area (Å²) in [4.78, 5) is 12.0. The second-order valence-corrected chi connectivity index (χ2v) is 15.7. The third kappa shape index (κ3) is 12.2. The standard InChI is InChI=1S/C28H50O10Si/c1-10-36-27(31)26(30)23(29)15-22(38-39(8,9)28(2,3)4)16-24(34-7)25(37-19-32-5)18-35-17-20-11-13-21(33-6)14-12-20/h11-14,22-26,29-30H,10,15-19H2,1-9H3/t22-,23-,24-,25-,26-/m1/s1. The highest BCUT2D eigenvalue weighted by atomic mass is 28.4. The van der Waals surface area contributed by atoms with Gasteiger partial charge in [0.05, 0.1) is 45.2 Å². The van der Waals surface area contributed by atoms with Crippen LogP contribution < -0.4 is 4.74 Å². The zero-order valence-corrected chi connectivity index (χ0v) is 26.1. The van der Waals surface area contributed by atoms with E-state index in [1.807, 2.05) is 24.3 Å². The Balaban J connectivity index is 3.05. The molecule has 0 bridgehead atoms. The molecule has 0 aliphatic heterocycles. The van der Waals surface area contributed by atoms with E-state index in [4.69, 9.17) is 32.8 Å². The van der Waals surface area contributed by atoms with E-state index in [0.29, 0.717) is 13.0 Å². The molecule has 0 fully saturated rings. The first-order valence-electron chi connectivity index (χ1n) is 13.3. The normalized spacial score (nSPS) is 16.3. The topological polar surface area (TPSA) is 122 Å². The van der Waals surface area contributed by atoms with Crippen molar-refractivity contribution in [3.8, 4) is 5.75 Å². The molecule has 0 aromatic heterocycles. The van der Waals surface area contributed by atoms with Crippen LogP contribution in [0.4, 0.5) is 0 Å². The lowest BCUT2D eigenvalue weighted by Gasteiger charge is -2.41. The molecule has 1 aromatic carbocycles. The lowest BCUT2D eigenvalue weighted by molar-refractivity contribution is -0.161. The smallest absolute Gasteiger partial charge is 0.337 e. The fraction of sp³-hybridized carbons (Fsp3) is 0.750. The van der Waals surface area contributed by atoms with Crippen LogP contribution in [0.15, 0.2) is 24.3 Å². The van der Waals surface area contributed by atoms with Crippen molar-refractivity contribution < 1.29 is 47.9 Å². The third-order valence-electron chi connectivity index (χ3n) is 6.99. The van der Waals surface area contributed by atoms with E-state index in [1.165, 1.54) is 7.11 Å². The summed E-state index contributed by atoms with van der Waals surface area (Å²) in [5.41, 5.74) is 0.977. The Morgan fingerprint density at radius 1 is 1.00 bits per heavy atom. The molecular formula is C28H50O10Si. The fourth-order valence-corrected chi connectivity index (χ4v) is 5.04. The first kappa shape index (κ1) is 35.5. The molecular weight excluding hydrogens is 524 g/mol. The van der Waals surface area contributed by atoms with E-state index in [1.54, 1.807) is 21.1 Å². The quantitative estimate of drug-likeness (QED) is 0.144. The zero-order valence-electron chi connectivity index (χ0n) is 25.1. The number of rotatable bonds is 19. The molecule has 1 rings (SSSR count). The Hall–Kier alpha value is -1.57. The number of ether oxygens (including phenoxy) is 6. The van der Waals surface area contributed by atoms with Crippen molar-refractivity contribution in [3.05, 3.63) is 29.8 Å².